The summed E-state index contributed by atoms with van der Waals surface area (Å²) in [6.07, 6.45) is 1.71. The molecule has 0 spiro atoms. The zero-order chi connectivity index (χ0) is 17.8. The fourth-order valence-corrected chi connectivity index (χ4v) is 5.09. The van der Waals surface area contributed by atoms with Crippen LogP contribution in [0.3, 0.4) is 0 Å². The third kappa shape index (κ3) is 4.05. The van der Waals surface area contributed by atoms with Gasteiger partial charge in [0, 0.05) is 22.7 Å². The Morgan fingerprint density at radius 3 is 2.44 bits per heavy atom. The van der Waals surface area contributed by atoms with Crippen molar-refractivity contribution < 1.29 is 0 Å². The molecular formula is C20H25N3S2. The van der Waals surface area contributed by atoms with Crippen molar-refractivity contribution in [1.29, 1.82) is 0 Å². The molecule has 3 rings (SSSR count). The zero-order valence-corrected chi connectivity index (χ0v) is 17.0. The van der Waals surface area contributed by atoms with Gasteiger partial charge in [0.25, 0.3) is 0 Å². The number of hydrogen-bond acceptors (Lipinski definition) is 5. The number of nitrogens with zero attached hydrogens (tertiary/aromatic N) is 3. The van der Waals surface area contributed by atoms with Gasteiger partial charge in [-0.3, -0.25) is 0 Å². The van der Waals surface area contributed by atoms with Gasteiger partial charge in [-0.15, -0.1) is 23.1 Å². The quantitative estimate of drug-likeness (QED) is 0.410. The number of aromatic nitrogens is 2. The average Bonchev–Trinajstić information content (AvgIpc) is 2.96. The van der Waals surface area contributed by atoms with Crippen LogP contribution >= 0.6 is 23.1 Å². The Morgan fingerprint density at radius 2 is 1.76 bits per heavy atom. The van der Waals surface area contributed by atoms with Crippen molar-refractivity contribution in [3.05, 3.63) is 41.0 Å². The minimum Gasteiger partial charge on any atom is -0.303 e. The largest absolute Gasteiger partial charge is 0.303 e. The topological polar surface area (TPSA) is 29.0 Å². The highest BCUT2D eigenvalue weighted by Crippen LogP contribution is 2.41. The number of rotatable bonds is 7. The third-order valence-corrected chi connectivity index (χ3v) is 6.49. The lowest BCUT2D eigenvalue weighted by Crippen LogP contribution is -2.25. The van der Waals surface area contributed by atoms with E-state index in [1.807, 2.05) is 11.8 Å². The van der Waals surface area contributed by atoms with Crippen LogP contribution in [-0.2, 0) is 0 Å². The second-order valence-electron chi connectivity index (χ2n) is 6.13. The van der Waals surface area contributed by atoms with Crippen LogP contribution in [0.2, 0.25) is 0 Å². The van der Waals surface area contributed by atoms with Crippen molar-refractivity contribution in [3.63, 3.8) is 0 Å². The second kappa shape index (κ2) is 8.30. The van der Waals surface area contributed by atoms with E-state index >= 15 is 0 Å². The lowest BCUT2D eigenvalue weighted by atomic mass is 10.0. The number of hydrogen-bond donors (Lipinski definition) is 0. The Kier molecular flexibility index (Phi) is 6.10. The molecule has 0 aliphatic rings. The molecule has 0 fully saturated rings. The highest BCUT2D eigenvalue weighted by Gasteiger charge is 2.17. The Morgan fingerprint density at radius 1 is 1.04 bits per heavy atom. The van der Waals surface area contributed by atoms with Crippen molar-refractivity contribution >= 4 is 33.3 Å². The third-order valence-electron chi connectivity index (χ3n) is 4.51. The first-order valence-electron chi connectivity index (χ1n) is 8.80. The van der Waals surface area contributed by atoms with Gasteiger partial charge in [0.05, 0.1) is 5.39 Å². The van der Waals surface area contributed by atoms with Gasteiger partial charge in [-0.25, -0.2) is 9.97 Å². The molecule has 3 aromatic rings. The summed E-state index contributed by atoms with van der Waals surface area (Å²) in [4.78, 5) is 14.0. The van der Waals surface area contributed by atoms with Crippen LogP contribution in [0.1, 0.15) is 24.3 Å². The molecule has 0 aliphatic carbocycles. The summed E-state index contributed by atoms with van der Waals surface area (Å²) in [5, 5.41) is 2.33. The number of fused-ring (bicyclic) bond motifs is 1. The van der Waals surface area contributed by atoms with Gasteiger partial charge in [-0.05, 0) is 32.5 Å². The molecular weight excluding hydrogens is 346 g/mol. The molecule has 0 saturated carbocycles. The molecule has 0 aliphatic heterocycles. The molecule has 1 aromatic carbocycles. The van der Waals surface area contributed by atoms with Crippen LogP contribution in [0.15, 0.2) is 35.6 Å². The Bertz CT molecular complexity index is 836. The molecule has 132 valence electrons. The molecule has 2 aromatic heterocycles. The van der Waals surface area contributed by atoms with Gasteiger partial charge in [0.2, 0.25) is 0 Å². The van der Waals surface area contributed by atoms with Crippen LogP contribution in [0.25, 0.3) is 21.3 Å². The molecule has 3 nitrogen and oxygen atoms in total. The molecule has 0 radical (unpaired) electrons. The lowest BCUT2D eigenvalue weighted by Gasteiger charge is -2.17. The minimum absolute atomic E-state index is 1.05. The van der Waals surface area contributed by atoms with Crippen LogP contribution in [-0.4, -0.2) is 40.3 Å². The fourth-order valence-electron chi connectivity index (χ4n) is 3.01. The minimum atomic E-state index is 1.05. The van der Waals surface area contributed by atoms with E-state index in [4.69, 9.17) is 0 Å². The summed E-state index contributed by atoms with van der Waals surface area (Å²) in [5.74, 6) is 1.05. The van der Waals surface area contributed by atoms with E-state index in [1.54, 1.807) is 17.7 Å². The van der Waals surface area contributed by atoms with E-state index in [2.05, 4.69) is 66.8 Å². The van der Waals surface area contributed by atoms with Crippen LogP contribution < -0.4 is 0 Å². The van der Waals surface area contributed by atoms with Crippen LogP contribution in [0, 0.1) is 13.8 Å². The highest BCUT2D eigenvalue weighted by molar-refractivity contribution is 7.99. The molecule has 0 atom stereocenters. The first-order valence-corrected chi connectivity index (χ1v) is 10.6. The van der Waals surface area contributed by atoms with Gasteiger partial charge in [-0.1, -0.05) is 43.7 Å². The normalized spacial score (nSPS) is 11.6. The standard InChI is InChI=1S/C20H25N3S2/c1-5-23(6-2)11-12-24-19-18-17(16-9-7-14(3)8-10-16)15(4)25-20(18)22-13-21-19/h7-10,13H,5-6,11-12H2,1-4H3. The monoisotopic (exact) mass is 371 g/mol. The molecule has 0 N–H and O–H groups in total. The fraction of sp³-hybridized carbons (Fsp3) is 0.400. The molecule has 2 heterocycles. The van der Waals surface area contributed by atoms with Gasteiger partial charge in [0.15, 0.2) is 0 Å². The molecule has 5 heteroatoms. The van der Waals surface area contributed by atoms with Crippen molar-refractivity contribution in [2.45, 2.75) is 32.7 Å². The first-order chi connectivity index (χ1) is 12.1. The number of benzene rings is 1. The predicted octanol–water partition coefficient (Wildman–Crippen LogP) is 5.41. The molecule has 0 bridgehead atoms. The van der Waals surface area contributed by atoms with Crippen LogP contribution in [0.4, 0.5) is 0 Å². The van der Waals surface area contributed by atoms with Crippen LogP contribution in [0.5, 0.6) is 0 Å². The number of thioether (sulfide) groups is 1. The summed E-state index contributed by atoms with van der Waals surface area (Å²) < 4.78 is 0. The molecule has 25 heavy (non-hydrogen) atoms. The molecule has 0 amide bonds. The average molecular weight is 372 g/mol. The van der Waals surface area contributed by atoms with E-state index in [0.29, 0.717) is 0 Å². The smallest absolute Gasteiger partial charge is 0.128 e. The van der Waals surface area contributed by atoms with Gasteiger partial charge in [0.1, 0.15) is 16.2 Å². The van der Waals surface area contributed by atoms with E-state index in [-0.39, 0.29) is 0 Å². The van der Waals surface area contributed by atoms with Crippen molar-refractivity contribution in [1.82, 2.24) is 14.9 Å². The van der Waals surface area contributed by atoms with E-state index in [0.717, 1.165) is 35.2 Å². The first kappa shape index (κ1) is 18.4. The maximum absolute atomic E-state index is 4.61. The summed E-state index contributed by atoms with van der Waals surface area (Å²) in [5.41, 5.74) is 3.84. The van der Waals surface area contributed by atoms with E-state index in [1.165, 1.54) is 27.0 Å². The van der Waals surface area contributed by atoms with E-state index < -0.39 is 0 Å². The maximum Gasteiger partial charge on any atom is 0.128 e. The summed E-state index contributed by atoms with van der Waals surface area (Å²) in [6, 6.07) is 8.77. The zero-order valence-electron chi connectivity index (χ0n) is 15.4. The van der Waals surface area contributed by atoms with Gasteiger partial charge >= 0.3 is 0 Å². The molecule has 0 saturated heterocycles. The Labute approximate surface area is 158 Å². The molecule has 0 unspecified atom stereocenters. The van der Waals surface area contributed by atoms with Gasteiger partial charge < -0.3 is 4.90 Å². The summed E-state index contributed by atoms with van der Waals surface area (Å²) >= 11 is 3.61. The van der Waals surface area contributed by atoms with E-state index in [9.17, 15) is 0 Å². The Hall–Kier alpha value is -1.43. The van der Waals surface area contributed by atoms with Crippen molar-refractivity contribution in [2.75, 3.05) is 25.4 Å². The number of aryl methyl sites for hydroxylation is 2. The summed E-state index contributed by atoms with van der Waals surface area (Å²) in [6.45, 7) is 12.0. The SMILES string of the molecule is CCN(CC)CCSc1ncnc2sc(C)c(-c3ccc(C)cc3)c12. The summed E-state index contributed by atoms with van der Waals surface area (Å²) in [7, 11) is 0. The van der Waals surface area contributed by atoms with Gasteiger partial charge in [-0.2, -0.15) is 0 Å². The Balaban J connectivity index is 1.95. The maximum atomic E-state index is 4.61. The predicted molar refractivity (Wildman–Crippen MR) is 111 cm³/mol. The second-order valence-corrected chi connectivity index (χ2v) is 8.42. The number of thiophene rings is 1. The lowest BCUT2D eigenvalue weighted by molar-refractivity contribution is 0.324. The van der Waals surface area contributed by atoms with Crippen molar-refractivity contribution in [3.8, 4) is 11.1 Å². The van der Waals surface area contributed by atoms with Crippen molar-refractivity contribution in [2.24, 2.45) is 0 Å². The highest BCUT2D eigenvalue weighted by atomic mass is 32.2.